The number of nitrogens with zero attached hydrogens (tertiary/aromatic N) is 4. The highest BCUT2D eigenvalue weighted by Gasteiger charge is 2.34. The van der Waals surface area contributed by atoms with Crippen LogP contribution in [0.2, 0.25) is 0 Å². The molecule has 1 saturated carbocycles. The normalized spacial score (nSPS) is 17.5. The highest BCUT2D eigenvalue weighted by molar-refractivity contribution is 5.91. The molecule has 0 aliphatic heterocycles. The number of benzene rings is 2. The predicted molar refractivity (Wildman–Crippen MR) is 146 cm³/mol. The van der Waals surface area contributed by atoms with Crippen LogP contribution in [0.5, 0.6) is 0 Å². The number of hydrogen-bond donors (Lipinski definition) is 3. The van der Waals surface area contributed by atoms with E-state index in [2.05, 4.69) is 69.4 Å². The standard InChI is InChI=1S/C29H31N7/c1-2-31-12-13-32-23-16-22(17-23)29-35-26(27-28(30)33-14-15-36(27)29)21-9-8-20-10-11-24(34-25(20)18-21)19-6-4-3-5-7-19/h3-11,14-15,18,22-23,31-32H,2,12-13,16-17H2,1H3,(H2,30,33). The minimum absolute atomic E-state index is 0.396. The molecular weight excluding hydrogens is 446 g/mol. The summed E-state index contributed by atoms with van der Waals surface area (Å²) in [5, 5.41) is 8.11. The second-order valence-electron chi connectivity index (χ2n) is 9.49. The molecule has 0 radical (unpaired) electrons. The molecule has 4 N–H and O–H groups in total. The van der Waals surface area contributed by atoms with Crippen LogP contribution in [0.25, 0.3) is 38.9 Å². The van der Waals surface area contributed by atoms with Crippen molar-refractivity contribution in [3.63, 3.8) is 0 Å². The molecule has 0 atom stereocenters. The summed E-state index contributed by atoms with van der Waals surface area (Å²) in [5.41, 5.74) is 12.1. The van der Waals surface area contributed by atoms with Gasteiger partial charge in [0.25, 0.3) is 0 Å². The number of pyridine rings is 1. The second-order valence-corrected chi connectivity index (χ2v) is 9.49. The molecule has 1 aliphatic rings. The molecule has 2 aromatic carbocycles. The van der Waals surface area contributed by atoms with E-state index in [0.717, 1.165) is 77.2 Å². The Balaban J connectivity index is 1.34. The number of nitrogens with one attached hydrogen (secondary N) is 2. The number of rotatable bonds is 8. The smallest absolute Gasteiger partial charge is 0.150 e. The maximum Gasteiger partial charge on any atom is 0.150 e. The minimum Gasteiger partial charge on any atom is -0.382 e. The van der Waals surface area contributed by atoms with Gasteiger partial charge in [0.05, 0.1) is 11.2 Å². The fraction of sp³-hybridized carbons (Fsp3) is 0.276. The number of nitrogens with two attached hydrogens (primary N) is 1. The van der Waals surface area contributed by atoms with Gasteiger partial charge in [0.15, 0.2) is 0 Å². The Morgan fingerprint density at radius 3 is 2.64 bits per heavy atom. The first-order valence-corrected chi connectivity index (χ1v) is 12.7. The third kappa shape index (κ3) is 4.21. The molecule has 3 aromatic heterocycles. The van der Waals surface area contributed by atoms with Gasteiger partial charge in [-0.05, 0) is 31.5 Å². The van der Waals surface area contributed by atoms with Crippen LogP contribution in [0.4, 0.5) is 5.82 Å². The number of nitrogen functional groups attached to an aromatic ring is 1. The average Bonchev–Trinajstić information content (AvgIpc) is 3.28. The van der Waals surface area contributed by atoms with Gasteiger partial charge in [-0.25, -0.2) is 15.0 Å². The van der Waals surface area contributed by atoms with Crippen LogP contribution in [0.3, 0.4) is 0 Å². The summed E-state index contributed by atoms with van der Waals surface area (Å²) in [6.45, 7) is 5.13. The van der Waals surface area contributed by atoms with Gasteiger partial charge in [0.2, 0.25) is 0 Å². The van der Waals surface area contributed by atoms with Crippen molar-refractivity contribution >= 4 is 22.2 Å². The molecule has 182 valence electrons. The SMILES string of the molecule is CCNCCNC1CC(c2nc(-c3ccc4ccc(-c5ccccc5)nc4c3)c3c(N)nccn23)C1. The molecule has 0 bridgehead atoms. The van der Waals surface area contributed by atoms with Gasteiger partial charge < -0.3 is 16.4 Å². The molecule has 0 saturated heterocycles. The Morgan fingerprint density at radius 1 is 0.972 bits per heavy atom. The van der Waals surface area contributed by atoms with E-state index in [1.54, 1.807) is 6.20 Å². The molecule has 6 rings (SSSR count). The molecule has 7 nitrogen and oxygen atoms in total. The third-order valence-electron chi connectivity index (χ3n) is 7.13. The van der Waals surface area contributed by atoms with Crippen LogP contribution in [0.15, 0.2) is 73.1 Å². The van der Waals surface area contributed by atoms with Crippen molar-refractivity contribution in [3.05, 3.63) is 78.9 Å². The first-order chi connectivity index (χ1) is 17.7. The van der Waals surface area contributed by atoms with E-state index in [1.807, 2.05) is 24.4 Å². The maximum absolute atomic E-state index is 6.39. The van der Waals surface area contributed by atoms with Crippen molar-refractivity contribution in [2.75, 3.05) is 25.4 Å². The van der Waals surface area contributed by atoms with Crippen LogP contribution < -0.4 is 16.4 Å². The van der Waals surface area contributed by atoms with Crippen molar-refractivity contribution in [1.29, 1.82) is 0 Å². The Kier molecular flexibility index (Phi) is 6.09. The number of fused-ring (bicyclic) bond motifs is 2. The van der Waals surface area contributed by atoms with E-state index < -0.39 is 0 Å². The van der Waals surface area contributed by atoms with Crippen LogP contribution in [0, 0.1) is 0 Å². The lowest BCUT2D eigenvalue weighted by atomic mass is 9.79. The Labute approximate surface area is 210 Å². The summed E-state index contributed by atoms with van der Waals surface area (Å²) < 4.78 is 2.13. The van der Waals surface area contributed by atoms with Gasteiger partial charge >= 0.3 is 0 Å². The Bertz CT molecular complexity index is 1500. The lowest BCUT2D eigenvalue weighted by Crippen LogP contribution is -2.43. The van der Waals surface area contributed by atoms with Crippen LogP contribution in [-0.2, 0) is 0 Å². The Morgan fingerprint density at radius 2 is 1.81 bits per heavy atom. The van der Waals surface area contributed by atoms with Gasteiger partial charge in [-0.2, -0.15) is 0 Å². The number of aromatic nitrogens is 4. The summed E-state index contributed by atoms with van der Waals surface area (Å²) in [7, 11) is 0. The second kappa shape index (κ2) is 9.68. The number of anilines is 1. The summed E-state index contributed by atoms with van der Waals surface area (Å²) >= 11 is 0. The summed E-state index contributed by atoms with van der Waals surface area (Å²) in [6.07, 6.45) is 5.89. The first-order valence-electron chi connectivity index (χ1n) is 12.7. The monoisotopic (exact) mass is 477 g/mol. The Hall–Kier alpha value is -3.81. The first kappa shape index (κ1) is 22.6. The topological polar surface area (TPSA) is 93.2 Å². The van der Waals surface area contributed by atoms with Crippen molar-refractivity contribution in [3.8, 4) is 22.5 Å². The summed E-state index contributed by atoms with van der Waals surface area (Å²) in [4.78, 5) is 14.5. The largest absolute Gasteiger partial charge is 0.382 e. The van der Waals surface area contributed by atoms with Gasteiger partial charge in [-0.3, -0.25) is 4.40 Å². The zero-order valence-corrected chi connectivity index (χ0v) is 20.5. The van der Waals surface area contributed by atoms with E-state index in [0.29, 0.717) is 17.8 Å². The van der Waals surface area contributed by atoms with E-state index in [1.165, 1.54) is 0 Å². The number of imidazole rings is 1. The molecule has 7 heteroatoms. The molecule has 0 spiro atoms. The predicted octanol–water partition coefficient (Wildman–Crippen LogP) is 4.64. The van der Waals surface area contributed by atoms with Crippen molar-refractivity contribution in [2.24, 2.45) is 0 Å². The van der Waals surface area contributed by atoms with E-state index in [9.17, 15) is 0 Å². The minimum atomic E-state index is 0.396. The summed E-state index contributed by atoms with van der Waals surface area (Å²) in [5.74, 6) is 1.95. The van der Waals surface area contributed by atoms with Crippen LogP contribution in [0.1, 0.15) is 31.5 Å². The molecule has 5 aromatic rings. The van der Waals surface area contributed by atoms with Gasteiger partial charge in [-0.15, -0.1) is 0 Å². The maximum atomic E-state index is 6.39. The molecule has 36 heavy (non-hydrogen) atoms. The number of likely N-dealkylation sites (N-methyl/N-ethyl adjacent to an activating group) is 1. The average molecular weight is 478 g/mol. The molecule has 1 aliphatic carbocycles. The molecule has 1 fully saturated rings. The van der Waals surface area contributed by atoms with Gasteiger partial charge in [-0.1, -0.05) is 55.5 Å². The zero-order chi connectivity index (χ0) is 24.5. The molecule has 0 unspecified atom stereocenters. The summed E-state index contributed by atoms with van der Waals surface area (Å²) in [6, 6.07) is 21.3. The van der Waals surface area contributed by atoms with Crippen molar-refractivity contribution in [1.82, 2.24) is 30.0 Å². The van der Waals surface area contributed by atoms with Crippen molar-refractivity contribution in [2.45, 2.75) is 31.7 Å². The van der Waals surface area contributed by atoms with Crippen LogP contribution >= 0.6 is 0 Å². The highest BCUT2D eigenvalue weighted by Crippen LogP contribution is 2.40. The van der Waals surface area contributed by atoms with E-state index >= 15 is 0 Å². The van der Waals surface area contributed by atoms with E-state index in [-0.39, 0.29) is 0 Å². The van der Waals surface area contributed by atoms with Crippen LogP contribution in [-0.4, -0.2) is 45.0 Å². The quantitative estimate of drug-likeness (QED) is 0.282. The fourth-order valence-corrected chi connectivity index (χ4v) is 5.15. The molecular formula is C29H31N7. The molecule has 3 heterocycles. The van der Waals surface area contributed by atoms with Gasteiger partial charge in [0, 0.05) is 54.0 Å². The molecule has 0 amide bonds. The number of hydrogen-bond acceptors (Lipinski definition) is 6. The zero-order valence-electron chi connectivity index (χ0n) is 20.5. The van der Waals surface area contributed by atoms with Crippen molar-refractivity contribution < 1.29 is 0 Å². The lowest BCUT2D eigenvalue weighted by molar-refractivity contribution is 0.282. The lowest BCUT2D eigenvalue weighted by Gasteiger charge is -2.35. The highest BCUT2D eigenvalue weighted by atomic mass is 15.1. The van der Waals surface area contributed by atoms with Gasteiger partial charge in [0.1, 0.15) is 22.9 Å². The third-order valence-corrected chi connectivity index (χ3v) is 7.13. The van der Waals surface area contributed by atoms with E-state index in [4.69, 9.17) is 15.7 Å². The fourth-order valence-electron chi connectivity index (χ4n) is 5.15.